The molecule has 1 aliphatic heterocycles. The summed E-state index contributed by atoms with van der Waals surface area (Å²) in [4.78, 5) is 35.7. The Balaban J connectivity index is 2.26. The Morgan fingerprint density at radius 1 is 1.40 bits per heavy atom. The molecule has 1 fully saturated rings. The van der Waals surface area contributed by atoms with Crippen molar-refractivity contribution in [2.75, 3.05) is 13.2 Å². The van der Waals surface area contributed by atoms with Crippen molar-refractivity contribution in [2.45, 2.75) is 51.4 Å². The summed E-state index contributed by atoms with van der Waals surface area (Å²) in [5.41, 5.74) is 1.55. The van der Waals surface area contributed by atoms with Crippen LogP contribution < -0.4 is 0 Å². The minimum atomic E-state index is -1.42. The van der Waals surface area contributed by atoms with Gasteiger partial charge in [0, 0.05) is 18.9 Å². The number of carbonyl (C=O) groups excluding carboxylic acids is 3. The van der Waals surface area contributed by atoms with Crippen LogP contribution in [-0.2, 0) is 28.6 Å². The molecule has 1 saturated heterocycles. The third-order valence-corrected chi connectivity index (χ3v) is 5.11. The fraction of sp³-hybridized carbons (Fsp3) is 0.500. The summed E-state index contributed by atoms with van der Waals surface area (Å²) in [5.74, 6) is -2.71. The molecule has 0 aromatic heterocycles. The molecule has 164 valence electrons. The molecular formula is C22H28O8. The van der Waals surface area contributed by atoms with Crippen molar-refractivity contribution < 1.29 is 38.8 Å². The highest BCUT2D eigenvalue weighted by molar-refractivity contribution is 5.92. The van der Waals surface area contributed by atoms with Crippen molar-refractivity contribution >= 4 is 17.9 Å². The molecule has 8 nitrogen and oxygen atoms in total. The standard InChI is InChI=1S/C22H28O8/c1-12-6-5-7-16(10-23)9-19-20(14(3)22(27)30-19)18(8-12)29-21(26)13(2)17(25)11-28-15(4)24/h6,9,17-20,23,25H,2-3,5,7-8,10-11H2,1,4H3/b12-6+,16-9-/t17-,18-,19+,20+/m0/s1. The number of ether oxygens (including phenoxy) is 3. The fourth-order valence-corrected chi connectivity index (χ4v) is 3.42. The Labute approximate surface area is 175 Å². The van der Waals surface area contributed by atoms with Crippen molar-refractivity contribution in [3.63, 3.8) is 0 Å². The molecule has 0 spiro atoms. The fourth-order valence-electron chi connectivity index (χ4n) is 3.42. The van der Waals surface area contributed by atoms with Gasteiger partial charge in [-0.2, -0.15) is 0 Å². The van der Waals surface area contributed by atoms with Gasteiger partial charge in [0.2, 0.25) is 0 Å². The molecule has 2 N–H and O–H groups in total. The predicted octanol–water partition coefficient (Wildman–Crippen LogP) is 1.53. The molecule has 0 amide bonds. The monoisotopic (exact) mass is 420 g/mol. The van der Waals surface area contributed by atoms with Crippen LogP contribution in [0.1, 0.15) is 33.1 Å². The quantitative estimate of drug-likeness (QED) is 0.287. The van der Waals surface area contributed by atoms with E-state index < -0.39 is 48.7 Å². The number of rotatable bonds is 6. The molecule has 0 aromatic rings. The van der Waals surface area contributed by atoms with Gasteiger partial charge in [0.15, 0.2) is 0 Å². The van der Waals surface area contributed by atoms with Gasteiger partial charge in [0.1, 0.15) is 24.9 Å². The molecule has 4 atom stereocenters. The molecule has 8 heteroatoms. The topological polar surface area (TPSA) is 119 Å². The van der Waals surface area contributed by atoms with E-state index in [-0.39, 0.29) is 17.8 Å². The van der Waals surface area contributed by atoms with Gasteiger partial charge in [-0.05, 0) is 31.4 Å². The zero-order valence-corrected chi connectivity index (χ0v) is 17.3. The summed E-state index contributed by atoms with van der Waals surface area (Å²) in [6, 6.07) is 0. The summed E-state index contributed by atoms with van der Waals surface area (Å²) >= 11 is 0. The molecule has 0 saturated carbocycles. The van der Waals surface area contributed by atoms with Crippen LogP contribution >= 0.6 is 0 Å². The maximum absolute atomic E-state index is 12.6. The van der Waals surface area contributed by atoms with Crippen molar-refractivity contribution in [3.05, 3.63) is 47.6 Å². The van der Waals surface area contributed by atoms with Crippen molar-refractivity contribution in [2.24, 2.45) is 5.92 Å². The molecule has 1 aliphatic carbocycles. The molecule has 0 aromatic carbocycles. The third-order valence-electron chi connectivity index (χ3n) is 5.11. The summed E-state index contributed by atoms with van der Waals surface area (Å²) < 4.78 is 15.7. The molecule has 0 bridgehead atoms. The first-order chi connectivity index (χ1) is 14.1. The van der Waals surface area contributed by atoms with Crippen molar-refractivity contribution in [1.29, 1.82) is 0 Å². The van der Waals surface area contributed by atoms with Gasteiger partial charge in [-0.3, -0.25) is 4.79 Å². The number of hydrogen-bond acceptors (Lipinski definition) is 8. The Bertz CT molecular complexity index is 791. The average Bonchev–Trinajstić information content (AvgIpc) is 2.97. The Kier molecular flexibility index (Phi) is 8.14. The van der Waals surface area contributed by atoms with Crippen LogP contribution in [0.3, 0.4) is 0 Å². The second-order valence-electron chi connectivity index (χ2n) is 7.48. The molecular weight excluding hydrogens is 392 g/mol. The van der Waals surface area contributed by atoms with E-state index in [9.17, 15) is 24.6 Å². The Morgan fingerprint density at radius 3 is 2.73 bits per heavy atom. The minimum absolute atomic E-state index is 0.172. The van der Waals surface area contributed by atoms with E-state index in [1.807, 2.05) is 13.0 Å². The normalized spacial score (nSPS) is 28.7. The van der Waals surface area contributed by atoms with Gasteiger partial charge in [-0.25, -0.2) is 9.59 Å². The maximum atomic E-state index is 12.6. The van der Waals surface area contributed by atoms with Gasteiger partial charge >= 0.3 is 17.9 Å². The number of aliphatic hydroxyl groups excluding tert-OH is 2. The number of aliphatic hydroxyl groups is 2. The first-order valence-electron chi connectivity index (χ1n) is 9.71. The molecule has 0 unspecified atom stereocenters. The molecule has 2 aliphatic rings. The first-order valence-corrected chi connectivity index (χ1v) is 9.71. The molecule has 2 rings (SSSR count). The summed E-state index contributed by atoms with van der Waals surface area (Å²) in [5, 5.41) is 19.6. The molecule has 0 radical (unpaired) electrons. The van der Waals surface area contributed by atoms with Crippen LogP contribution in [0, 0.1) is 5.92 Å². The highest BCUT2D eigenvalue weighted by Crippen LogP contribution is 2.36. The van der Waals surface area contributed by atoms with E-state index >= 15 is 0 Å². The number of hydrogen-bond donors (Lipinski definition) is 2. The predicted molar refractivity (Wildman–Crippen MR) is 107 cm³/mol. The van der Waals surface area contributed by atoms with Gasteiger partial charge in [0.05, 0.1) is 18.1 Å². The number of esters is 3. The van der Waals surface area contributed by atoms with Gasteiger partial charge in [-0.15, -0.1) is 0 Å². The zero-order valence-electron chi connectivity index (χ0n) is 17.3. The Hall–Kier alpha value is -2.71. The van der Waals surface area contributed by atoms with E-state index in [2.05, 4.69) is 13.2 Å². The zero-order chi connectivity index (χ0) is 22.4. The lowest BCUT2D eigenvalue weighted by atomic mass is 9.85. The van der Waals surface area contributed by atoms with Gasteiger partial charge in [-0.1, -0.05) is 24.8 Å². The summed E-state index contributed by atoms with van der Waals surface area (Å²) in [7, 11) is 0. The average molecular weight is 420 g/mol. The third kappa shape index (κ3) is 5.90. The van der Waals surface area contributed by atoms with E-state index in [0.717, 1.165) is 5.57 Å². The van der Waals surface area contributed by atoms with E-state index in [0.29, 0.717) is 24.8 Å². The summed E-state index contributed by atoms with van der Waals surface area (Å²) in [6.07, 6.45) is 2.34. The number of fused-ring (bicyclic) bond motifs is 1. The minimum Gasteiger partial charge on any atom is -0.463 e. The smallest absolute Gasteiger partial charge is 0.336 e. The van der Waals surface area contributed by atoms with Crippen LogP contribution in [0.15, 0.2) is 47.6 Å². The van der Waals surface area contributed by atoms with Crippen molar-refractivity contribution in [3.8, 4) is 0 Å². The van der Waals surface area contributed by atoms with Gasteiger partial charge < -0.3 is 24.4 Å². The highest BCUT2D eigenvalue weighted by atomic mass is 16.6. The SMILES string of the molecule is C=C1C(=O)O[C@@H]2/C=C(\CO)CC/C=C(\C)C[C@H](OC(=O)C(=C)[C@@H](O)COC(C)=O)[C@@H]12. The van der Waals surface area contributed by atoms with Crippen LogP contribution in [0.25, 0.3) is 0 Å². The highest BCUT2D eigenvalue weighted by Gasteiger charge is 2.44. The number of carbonyl (C=O) groups is 3. The second kappa shape index (κ2) is 10.4. The largest absolute Gasteiger partial charge is 0.463 e. The Morgan fingerprint density at radius 2 is 2.10 bits per heavy atom. The maximum Gasteiger partial charge on any atom is 0.336 e. The van der Waals surface area contributed by atoms with Gasteiger partial charge in [0.25, 0.3) is 0 Å². The number of allylic oxidation sites excluding steroid dienone is 1. The lowest BCUT2D eigenvalue weighted by Crippen LogP contribution is -2.35. The lowest BCUT2D eigenvalue weighted by Gasteiger charge is -2.28. The molecule has 30 heavy (non-hydrogen) atoms. The van der Waals surface area contributed by atoms with Crippen LogP contribution in [-0.4, -0.2) is 59.6 Å². The first kappa shape index (κ1) is 23.6. The second-order valence-corrected chi connectivity index (χ2v) is 7.48. The van der Waals surface area contributed by atoms with E-state index in [1.54, 1.807) is 6.08 Å². The van der Waals surface area contributed by atoms with Crippen LogP contribution in [0.5, 0.6) is 0 Å². The van der Waals surface area contributed by atoms with E-state index in [1.165, 1.54) is 6.92 Å². The van der Waals surface area contributed by atoms with Crippen LogP contribution in [0.2, 0.25) is 0 Å². The van der Waals surface area contributed by atoms with Crippen LogP contribution in [0.4, 0.5) is 0 Å². The lowest BCUT2D eigenvalue weighted by molar-refractivity contribution is -0.151. The van der Waals surface area contributed by atoms with E-state index in [4.69, 9.17) is 14.2 Å². The van der Waals surface area contributed by atoms with Crippen molar-refractivity contribution in [1.82, 2.24) is 0 Å². The molecule has 1 heterocycles. The summed E-state index contributed by atoms with van der Waals surface area (Å²) in [6.45, 7) is 9.81.